The van der Waals surface area contributed by atoms with E-state index < -0.39 is 0 Å². The Bertz CT molecular complexity index is 717. The Morgan fingerprint density at radius 1 is 0.370 bits per heavy atom. The van der Waals surface area contributed by atoms with Crippen molar-refractivity contribution in [3.05, 3.63) is 0 Å². The maximum absolute atomic E-state index is 4.69. The van der Waals surface area contributed by atoms with Crippen LogP contribution >= 0.6 is 36.2 Å². The molecule has 6 unspecified atom stereocenters. The Balaban J connectivity index is 0.847. The van der Waals surface area contributed by atoms with Crippen molar-refractivity contribution in [1.82, 2.24) is 0 Å². The summed E-state index contributed by atoms with van der Waals surface area (Å²) in [6, 6.07) is 0. The van der Waals surface area contributed by atoms with E-state index in [1.54, 1.807) is 64.2 Å². The molecule has 3 aliphatic carbocycles. The predicted molar refractivity (Wildman–Crippen MR) is 214 cm³/mol. The van der Waals surface area contributed by atoms with Crippen molar-refractivity contribution in [2.24, 2.45) is 23.7 Å². The average Bonchev–Trinajstić information content (AvgIpc) is 4.00. The lowest BCUT2D eigenvalue weighted by Crippen LogP contribution is -2.14. The van der Waals surface area contributed by atoms with Gasteiger partial charge in [-0.1, -0.05) is 154 Å². The van der Waals surface area contributed by atoms with E-state index in [0.29, 0.717) is 5.25 Å². The maximum Gasteiger partial charge on any atom is 0.0172 e. The molecule has 5 rings (SSSR count). The molecule has 2 aliphatic heterocycles. The molecule has 0 aromatic rings. The normalized spacial score (nSPS) is 32.5. The van der Waals surface area contributed by atoms with E-state index in [1.807, 2.05) is 0 Å². The van der Waals surface area contributed by atoms with Crippen molar-refractivity contribution >= 4 is 36.2 Å². The molecule has 0 spiro atoms. The molecule has 46 heavy (non-hydrogen) atoms. The number of hydrogen-bond acceptors (Lipinski definition) is 3. The highest BCUT2D eigenvalue weighted by Gasteiger charge is 2.43. The second-order valence-corrected chi connectivity index (χ2v) is 21.1. The largest absolute Gasteiger partial charge is 0.176 e. The van der Waals surface area contributed by atoms with Gasteiger partial charge in [0.15, 0.2) is 0 Å². The van der Waals surface area contributed by atoms with Gasteiger partial charge in [0.25, 0.3) is 0 Å². The number of fused-ring (bicyclic) bond motifs is 2. The summed E-state index contributed by atoms with van der Waals surface area (Å²) >= 11 is 9.26. The quantitative estimate of drug-likeness (QED) is 0.0517. The van der Waals surface area contributed by atoms with Gasteiger partial charge in [-0.3, -0.25) is 0 Å². The van der Waals surface area contributed by atoms with Crippen molar-refractivity contribution in [3.8, 4) is 0 Å². The molecule has 3 heteroatoms. The first-order valence-corrected chi connectivity index (χ1v) is 24.1. The zero-order chi connectivity index (χ0) is 31.7. The van der Waals surface area contributed by atoms with E-state index in [2.05, 4.69) is 36.2 Å². The van der Waals surface area contributed by atoms with E-state index in [0.717, 1.165) is 44.7 Å². The lowest BCUT2D eigenvalue weighted by molar-refractivity contribution is 0.333. The first-order chi connectivity index (χ1) is 22.7. The van der Waals surface area contributed by atoms with Gasteiger partial charge >= 0.3 is 0 Å². The number of rotatable bonds is 27. The summed E-state index contributed by atoms with van der Waals surface area (Å²) in [5, 5.41) is 5.06. The molecule has 268 valence electrons. The molecule has 0 bridgehead atoms. The van der Waals surface area contributed by atoms with Gasteiger partial charge < -0.3 is 0 Å². The average molecular weight is 691 g/mol. The van der Waals surface area contributed by atoms with E-state index >= 15 is 0 Å². The highest BCUT2D eigenvalue weighted by molar-refractivity contribution is 8.08. The minimum absolute atomic E-state index is 0.705. The van der Waals surface area contributed by atoms with Crippen LogP contribution in [0.1, 0.15) is 218 Å². The van der Waals surface area contributed by atoms with Crippen LogP contribution in [0.4, 0.5) is 0 Å². The molecule has 0 N–H and O–H groups in total. The summed E-state index contributed by atoms with van der Waals surface area (Å²) < 4.78 is 0. The number of unbranched alkanes of at least 4 members (excludes halogenated alkanes) is 15. The van der Waals surface area contributed by atoms with Crippen LogP contribution in [0.15, 0.2) is 0 Å². The summed E-state index contributed by atoms with van der Waals surface area (Å²) in [6.45, 7) is 0. The van der Waals surface area contributed by atoms with E-state index in [1.165, 1.54) is 154 Å². The van der Waals surface area contributed by atoms with Gasteiger partial charge in [-0.2, -0.15) is 36.2 Å². The van der Waals surface area contributed by atoms with Crippen LogP contribution in [0.2, 0.25) is 0 Å². The lowest BCUT2D eigenvalue weighted by atomic mass is 9.85. The second-order valence-electron chi connectivity index (χ2n) is 17.4. The van der Waals surface area contributed by atoms with Crippen LogP contribution in [0.25, 0.3) is 0 Å². The summed E-state index contributed by atoms with van der Waals surface area (Å²) in [5.74, 6) is 4.24. The number of thiol groups is 1. The fourth-order valence-electron chi connectivity index (χ4n) is 10.1. The highest BCUT2D eigenvalue weighted by Crippen LogP contribution is 2.54. The van der Waals surface area contributed by atoms with Crippen molar-refractivity contribution in [2.75, 3.05) is 0 Å². The van der Waals surface area contributed by atoms with Crippen molar-refractivity contribution in [3.63, 3.8) is 0 Å². The van der Waals surface area contributed by atoms with Gasteiger partial charge in [-0.25, -0.2) is 0 Å². The van der Waals surface area contributed by atoms with Gasteiger partial charge in [-0.05, 0) is 87.9 Å². The Morgan fingerprint density at radius 3 is 1.13 bits per heavy atom. The third-order valence-corrected chi connectivity index (χ3v) is 16.9. The SMILES string of the molecule is SC1CCC(CCCCCCCCC(CCCCCCCCC2CCC3SC3C2)CCCCCCCCC2CCC3SC3C2)CC1. The molecular weight excluding hydrogens is 613 g/mol. The Kier molecular flexibility index (Phi) is 19.0. The molecule has 0 nitrogen and oxygen atoms in total. The molecule has 2 heterocycles. The fraction of sp³-hybridized carbons (Fsp3) is 1.00. The van der Waals surface area contributed by atoms with Crippen molar-refractivity contribution in [2.45, 2.75) is 245 Å². The first-order valence-electron chi connectivity index (χ1n) is 21.7. The summed E-state index contributed by atoms with van der Waals surface area (Å²) in [4.78, 5) is 0. The van der Waals surface area contributed by atoms with Gasteiger partial charge in [0.05, 0.1) is 0 Å². The predicted octanol–water partition coefficient (Wildman–Crippen LogP) is 15.0. The molecule has 6 atom stereocenters. The molecule has 0 radical (unpaired) electrons. The molecule has 2 saturated heterocycles. The van der Waals surface area contributed by atoms with Crippen LogP contribution < -0.4 is 0 Å². The third kappa shape index (κ3) is 15.9. The van der Waals surface area contributed by atoms with E-state index in [4.69, 9.17) is 0 Å². The first kappa shape index (κ1) is 38.3. The van der Waals surface area contributed by atoms with Crippen LogP contribution in [-0.4, -0.2) is 26.2 Å². The number of hydrogen-bond donors (Lipinski definition) is 1. The van der Waals surface area contributed by atoms with E-state index in [-0.39, 0.29) is 0 Å². The minimum Gasteiger partial charge on any atom is -0.176 e. The van der Waals surface area contributed by atoms with Gasteiger partial charge in [-0.15, -0.1) is 0 Å². The van der Waals surface area contributed by atoms with E-state index in [9.17, 15) is 0 Å². The van der Waals surface area contributed by atoms with Crippen molar-refractivity contribution < 1.29 is 0 Å². The van der Waals surface area contributed by atoms with Crippen LogP contribution in [0.5, 0.6) is 0 Å². The Morgan fingerprint density at radius 2 is 0.717 bits per heavy atom. The molecule has 0 amide bonds. The Hall–Kier alpha value is 1.05. The zero-order valence-corrected chi connectivity index (χ0v) is 33.0. The molecule has 0 aromatic carbocycles. The van der Waals surface area contributed by atoms with Crippen LogP contribution in [0.3, 0.4) is 0 Å². The van der Waals surface area contributed by atoms with Crippen LogP contribution in [0, 0.1) is 23.7 Å². The second kappa shape index (κ2) is 22.8. The van der Waals surface area contributed by atoms with Gasteiger partial charge in [0, 0.05) is 26.2 Å². The topological polar surface area (TPSA) is 0 Å². The third-order valence-electron chi connectivity index (χ3n) is 13.5. The molecule has 0 aromatic heterocycles. The monoisotopic (exact) mass is 691 g/mol. The van der Waals surface area contributed by atoms with Crippen LogP contribution in [-0.2, 0) is 0 Å². The zero-order valence-electron chi connectivity index (χ0n) is 30.5. The minimum atomic E-state index is 0.705. The fourth-order valence-corrected chi connectivity index (χ4v) is 12.9. The number of thioether (sulfide) groups is 2. The molecule has 5 aliphatic rings. The lowest BCUT2D eigenvalue weighted by Gasteiger charge is -2.25. The molecule has 3 saturated carbocycles. The van der Waals surface area contributed by atoms with Gasteiger partial charge in [0.1, 0.15) is 0 Å². The highest BCUT2D eigenvalue weighted by atomic mass is 32.2. The molecular formula is C43H78S3. The standard InChI is InChI=1S/C43H78S3/c44-39-29-25-36(26-30-39)22-16-10-2-1-7-13-19-35(20-14-8-3-5-11-17-23-37-27-31-40-42(33-37)45-40)21-15-9-4-6-12-18-24-38-28-32-41-43(34-38)46-41/h35-44H,1-34H2. The summed E-state index contributed by atoms with van der Waals surface area (Å²) in [5.41, 5.74) is 0. The Labute approximate surface area is 302 Å². The van der Waals surface area contributed by atoms with Gasteiger partial charge in [0.2, 0.25) is 0 Å². The van der Waals surface area contributed by atoms with Crippen molar-refractivity contribution in [1.29, 1.82) is 0 Å². The summed E-state index contributed by atoms with van der Waals surface area (Å²) in [6.07, 6.45) is 51.3. The summed E-state index contributed by atoms with van der Waals surface area (Å²) in [7, 11) is 0. The maximum atomic E-state index is 4.69. The smallest absolute Gasteiger partial charge is 0.0172 e. The molecule has 5 fully saturated rings.